The molecule has 0 aliphatic carbocycles. The van der Waals surface area contributed by atoms with E-state index >= 15 is 0 Å². The number of hydrogen-bond donors (Lipinski definition) is 0. The Morgan fingerprint density at radius 1 is 1.17 bits per heavy atom. The average molecular weight is 395 g/mol. The number of thioether (sulfide) groups is 1. The van der Waals surface area contributed by atoms with Gasteiger partial charge in [-0.15, -0.1) is 10.2 Å². The van der Waals surface area contributed by atoms with Gasteiger partial charge in [0.1, 0.15) is 0 Å². The van der Waals surface area contributed by atoms with Crippen molar-refractivity contribution in [2.75, 3.05) is 18.8 Å². The van der Waals surface area contributed by atoms with Crippen molar-refractivity contribution in [2.24, 2.45) is 7.05 Å². The molecule has 1 aromatic carbocycles. The highest BCUT2D eigenvalue weighted by molar-refractivity contribution is 9.10. The van der Waals surface area contributed by atoms with Gasteiger partial charge in [-0.1, -0.05) is 39.8 Å². The van der Waals surface area contributed by atoms with Crippen LogP contribution in [0.25, 0.3) is 11.4 Å². The Balaban J connectivity index is 1.65. The van der Waals surface area contributed by atoms with Gasteiger partial charge < -0.3 is 9.47 Å². The summed E-state index contributed by atoms with van der Waals surface area (Å²) >= 11 is 4.89. The van der Waals surface area contributed by atoms with Gasteiger partial charge in [0.25, 0.3) is 0 Å². The lowest BCUT2D eigenvalue weighted by Gasteiger charge is -2.26. The number of benzene rings is 1. The maximum atomic E-state index is 12.2. The summed E-state index contributed by atoms with van der Waals surface area (Å²) in [6.07, 6.45) is 3.47. The minimum absolute atomic E-state index is 0.197. The van der Waals surface area contributed by atoms with Gasteiger partial charge in [0.05, 0.1) is 5.75 Å². The van der Waals surface area contributed by atoms with Crippen molar-refractivity contribution < 1.29 is 4.79 Å². The quantitative estimate of drug-likeness (QED) is 0.746. The highest BCUT2D eigenvalue weighted by Gasteiger charge is 2.18. The summed E-state index contributed by atoms with van der Waals surface area (Å²) < 4.78 is 2.97. The van der Waals surface area contributed by atoms with Gasteiger partial charge in [-0.2, -0.15) is 0 Å². The number of nitrogens with zero attached hydrogens (tertiary/aromatic N) is 4. The lowest BCUT2D eigenvalue weighted by molar-refractivity contribution is -0.129. The van der Waals surface area contributed by atoms with E-state index in [9.17, 15) is 4.79 Å². The molecule has 1 aliphatic heterocycles. The SMILES string of the molecule is Cn1c(SCC(=O)N2CCCCC2)nnc1-c1ccc(Br)cc1. The Morgan fingerprint density at radius 3 is 2.57 bits per heavy atom. The third-order valence-electron chi connectivity index (χ3n) is 3.97. The third-order valence-corrected chi connectivity index (χ3v) is 5.50. The van der Waals surface area contributed by atoms with Crippen LogP contribution in [0.15, 0.2) is 33.9 Å². The molecule has 7 heteroatoms. The average Bonchev–Trinajstić information content (AvgIpc) is 2.95. The monoisotopic (exact) mass is 394 g/mol. The van der Waals surface area contributed by atoms with Crippen LogP contribution in [0.3, 0.4) is 0 Å². The van der Waals surface area contributed by atoms with E-state index in [-0.39, 0.29) is 5.91 Å². The summed E-state index contributed by atoms with van der Waals surface area (Å²) in [7, 11) is 1.94. The van der Waals surface area contributed by atoms with Gasteiger partial charge in [-0.3, -0.25) is 4.79 Å². The third kappa shape index (κ3) is 3.95. The van der Waals surface area contributed by atoms with E-state index in [1.54, 1.807) is 0 Å². The normalized spacial score (nSPS) is 15.0. The molecule has 3 rings (SSSR count). The van der Waals surface area contributed by atoms with E-state index in [4.69, 9.17) is 0 Å². The molecule has 2 aromatic rings. The highest BCUT2D eigenvalue weighted by atomic mass is 79.9. The number of carbonyl (C=O) groups is 1. The Bertz CT molecular complexity index is 680. The van der Waals surface area contributed by atoms with Crippen LogP contribution in [0.5, 0.6) is 0 Å². The first-order valence-electron chi connectivity index (χ1n) is 7.71. The van der Waals surface area contributed by atoms with Crippen LogP contribution < -0.4 is 0 Å². The number of amides is 1. The molecule has 1 aromatic heterocycles. The van der Waals surface area contributed by atoms with Crippen molar-refractivity contribution in [3.8, 4) is 11.4 Å². The summed E-state index contributed by atoms with van der Waals surface area (Å²) in [6, 6.07) is 7.97. The van der Waals surface area contributed by atoms with Crippen LogP contribution in [0.4, 0.5) is 0 Å². The largest absolute Gasteiger partial charge is 0.342 e. The standard InChI is InChI=1S/C16H19BrN4OS/c1-20-15(12-5-7-13(17)8-6-12)18-19-16(20)23-11-14(22)21-9-3-2-4-10-21/h5-8H,2-4,9-11H2,1H3. The molecule has 5 nitrogen and oxygen atoms in total. The molecular formula is C16H19BrN4OS. The minimum atomic E-state index is 0.197. The molecule has 0 radical (unpaired) electrons. The molecule has 1 aliphatic rings. The maximum Gasteiger partial charge on any atom is 0.233 e. The highest BCUT2D eigenvalue weighted by Crippen LogP contribution is 2.24. The number of halogens is 1. The zero-order valence-corrected chi connectivity index (χ0v) is 15.4. The van der Waals surface area contributed by atoms with Crippen molar-refractivity contribution in [1.82, 2.24) is 19.7 Å². The number of piperidine rings is 1. The van der Waals surface area contributed by atoms with Gasteiger partial charge in [0.2, 0.25) is 5.91 Å². The second-order valence-electron chi connectivity index (χ2n) is 5.60. The fourth-order valence-corrected chi connectivity index (χ4v) is 3.73. The number of hydrogen-bond acceptors (Lipinski definition) is 4. The molecule has 0 bridgehead atoms. The minimum Gasteiger partial charge on any atom is -0.342 e. The van der Waals surface area contributed by atoms with Crippen molar-refractivity contribution in [3.63, 3.8) is 0 Å². The molecule has 122 valence electrons. The van der Waals surface area contributed by atoms with Gasteiger partial charge in [-0.25, -0.2) is 0 Å². The first-order valence-corrected chi connectivity index (χ1v) is 9.49. The lowest BCUT2D eigenvalue weighted by atomic mass is 10.1. The molecule has 0 unspecified atom stereocenters. The maximum absolute atomic E-state index is 12.2. The molecule has 0 saturated carbocycles. The molecular weight excluding hydrogens is 376 g/mol. The summed E-state index contributed by atoms with van der Waals surface area (Å²) in [5, 5.41) is 9.25. The Hall–Kier alpha value is -1.34. The van der Waals surface area contributed by atoms with Crippen molar-refractivity contribution in [1.29, 1.82) is 0 Å². The van der Waals surface area contributed by atoms with Crippen LogP contribution >= 0.6 is 27.7 Å². The summed E-state index contributed by atoms with van der Waals surface area (Å²) in [4.78, 5) is 14.2. The lowest BCUT2D eigenvalue weighted by Crippen LogP contribution is -2.36. The fraction of sp³-hybridized carbons (Fsp3) is 0.438. The zero-order valence-electron chi connectivity index (χ0n) is 13.0. The molecule has 0 N–H and O–H groups in total. The van der Waals surface area contributed by atoms with Gasteiger partial charge in [0.15, 0.2) is 11.0 Å². The van der Waals surface area contributed by atoms with E-state index < -0.39 is 0 Å². The van der Waals surface area contributed by atoms with Crippen LogP contribution in [0, 0.1) is 0 Å². The Morgan fingerprint density at radius 2 is 1.87 bits per heavy atom. The van der Waals surface area contributed by atoms with Gasteiger partial charge in [-0.05, 0) is 31.4 Å². The zero-order chi connectivity index (χ0) is 16.2. The van der Waals surface area contributed by atoms with Crippen LogP contribution in [-0.2, 0) is 11.8 Å². The predicted octanol–water partition coefficient (Wildman–Crippen LogP) is 3.35. The molecule has 1 saturated heterocycles. The molecule has 0 spiro atoms. The smallest absolute Gasteiger partial charge is 0.233 e. The van der Waals surface area contributed by atoms with E-state index in [1.807, 2.05) is 40.8 Å². The number of rotatable bonds is 4. The first kappa shape index (κ1) is 16.5. The van der Waals surface area contributed by atoms with E-state index in [0.717, 1.165) is 46.9 Å². The van der Waals surface area contributed by atoms with E-state index in [2.05, 4.69) is 26.1 Å². The molecule has 1 fully saturated rings. The first-order chi connectivity index (χ1) is 11.1. The summed E-state index contributed by atoms with van der Waals surface area (Å²) in [5.41, 5.74) is 1.01. The van der Waals surface area contributed by atoms with Crippen LogP contribution in [0.1, 0.15) is 19.3 Å². The molecule has 2 heterocycles. The van der Waals surface area contributed by atoms with Gasteiger partial charge in [0, 0.05) is 30.2 Å². The Labute approximate surface area is 148 Å². The summed E-state index contributed by atoms with van der Waals surface area (Å²) in [6.45, 7) is 1.78. The van der Waals surface area contributed by atoms with Crippen molar-refractivity contribution >= 4 is 33.6 Å². The Kier molecular flexibility index (Phi) is 5.38. The van der Waals surface area contributed by atoms with Crippen LogP contribution in [0.2, 0.25) is 0 Å². The second-order valence-corrected chi connectivity index (χ2v) is 7.46. The van der Waals surface area contributed by atoms with Gasteiger partial charge >= 0.3 is 0 Å². The predicted molar refractivity (Wildman–Crippen MR) is 95.3 cm³/mol. The van der Waals surface area contributed by atoms with E-state index in [0.29, 0.717) is 5.75 Å². The number of aromatic nitrogens is 3. The molecule has 0 atom stereocenters. The molecule has 1 amide bonds. The van der Waals surface area contributed by atoms with Crippen molar-refractivity contribution in [3.05, 3.63) is 28.7 Å². The number of likely N-dealkylation sites (tertiary alicyclic amines) is 1. The van der Waals surface area contributed by atoms with E-state index in [1.165, 1.54) is 18.2 Å². The molecule has 23 heavy (non-hydrogen) atoms. The fourth-order valence-electron chi connectivity index (χ4n) is 2.65. The number of carbonyl (C=O) groups excluding carboxylic acids is 1. The topological polar surface area (TPSA) is 51.0 Å². The summed E-state index contributed by atoms with van der Waals surface area (Å²) in [5.74, 6) is 1.43. The van der Waals surface area contributed by atoms with Crippen LogP contribution in [-0.4, -0.2) is 44.4 Å². The van der Waals surface area contributed by atoms with Crippen molar-refractivity contribution in [2.45, 2.75) is 24.4 Å². The second kappa shape index (κ2) is 7.49.